The molecule has 0 N–H and O–H groups in total. The van der Waals surface area contributed by atoms with Crippen molar-refractivity contribution < 1.29 is 14.3 Å². The first-order chi connectivity index (χ1) is 12.0. The van der Waals surface area contributed by atoms with Crippen LogP contribution < -0.4 is 0 Å². The predicted molar refractivity (Wildman–Crippen MR) is 92.7 cm³/mol. The molecular weight excluding hydrogens is 320 g/mol. The second-order valence-corrected chi connectivity index (χ2v) is 7.05. The maximum absolute atomic E-state index is 13.3. The van der Waals surface area contributed by atoms with Crippen molar-refractivity contribution in [3.63, 3.8) is 0 Å². The summed E-state index contributed by atoms with van der Waals surface area (Å²) in [6.45, 7) is 4.09. The number of carbonyl (C=O) groups is 2. The van der Waals surface area contributed by atoms with Crippen LogP contribution in [0, 0.1) is 5.92 Å². The zero-order valence-corrected chi connectivity index (χ0v) is 15.4. The fraction of sp³-hybridized carbons (Fsp3) is 0.722. The zero-order valence-electron chi connectivity index (χ0n) is 15.4. The van der Waals surface area contributed by atoms with E-state index in [4.69, 9.17) is 4.74 Å². The molecule has 2 saturated heterocycles. The van der Waals surface area contributed by atoms with Gasteiger partial charge in [-0.15, -0.1) is 0 Å². The molecule has 1 aromatic rings. The van der Waals surface area contributed by atoms with Crippen molar-refractivity contribution in [3.8, 4) is 0 Å². The summed E-state index contributed by atoms with van der Waals surface area (Å²) in [5.41, 5.74) is 0.926. The summed E-state index contributed by atoms with van der Waals surface area (Å²) in [6, 6.07) is -0.241. The van der Waals surface area contributed by atoms with E-state index in [0.29, 0.717) is 26.0 Å². The van der Waals surface area contributed by atoms with Crippen molar-refractivity contribution in [1.29, 1.82) is 0 Å². The molecule has 2 fully saturated rings. The zero-order chi connectivity index (χ0) is 18.0. The number of carbonyl (C=O) groups excluding carboxylic acids is 2. The van der Waals surface area contributed by atoms with E-state index in [2.05, 4.69) is 5.10 Å². The van der Waals surface area contributed by atoms with E-state index in [-0.39, 0.29) is 29.9 Å². The van der Waals surface area contributed by atoms with Crippen LogP contribution in [-0.2, 0) is 21.4 Å². The van der Waals surface area contributed by atoms with Gasteiger partial charge in [-0.25, -0.2) is 0 Å². The maximum atomic E-state index is 13.3. The molecule has 7 heteroatoms. The van der Waals surface area contributed by atoms with Crippen LogP contribution in [0.15, 0.2) is 12.4 Å². The van der Waals surface area contributed by atoms with Crippen LogP contribution in [0.2, 0.25) is 0 Å². The van der Waals surface area contributed by atoms with Gasteiger partial charge in [-0.1, -0.05) is 0 Å². The summed E-state index contributed by atoms with van der Waals surface area (Å²) >= 11 is 0. The molecule has 7 nitrogen and oxygen atoms in total. The highest BCUT2D eigenvalue weighted by molar-refractivity contribution is 5.85. The van der Waals surface area contributed by atoms with Crippen LogP contribution in [0.1, 0.15) is 44.2 Å². The van der Waals surface area contributed by atoms with Gasteiger partial charge in [0, 0.05) is 52.0 Å². The third-order valence-corrected chi connectivity index (χ3v) is 5.34. The molecule has 3 atom stereocenters. The number of ether oxygens (including phenoxy) is 1. The van der Waals surface area contributed by atoms with Gasteiger partial charge < -0.3 is 14.5 Å². The lowest BCUT2D eigenvalue weighted by Gasteiger charge is -2.41. The lowest BCUT2D eigenvalue weighted by atomic mass is 9.84. The van der Waals surface area contributed by atoms with Crippen molar-refractivity contribution in [2.45, 2.75) is 44.8 Å². The Morgan fingerprint density at radius 1 is 1.36 bits per heavy atom. The van der Waals surface area contributed by atoms with Crippen molar-refractivity contribution >= 4 is 11.8 Å². The van der Waals surface area contributed by atoms with Crippen molar-refractivity contribution in [3.05, 3.63) is 18.0 Å². The maximum Gasteiger partial charge on any atom is 0.228 e. The van der Waals surface area contributed by atoms with E-state index in [1.165, 1.54) is 0 Å². The van der Waals surface area contributed by atoms with E-state index >= 15 is 0 Å². The lowest BCUT2D eigenvalue weighted by Crippen LogP contribution is -2.51. The van der Waals surface area contributed by atoms with Gasteiger partial charge in [0.1, 0.15) is 0 Å². The van der Waals surface area contributed by atoms with Gasteiger partial charge in [0.15, 0.2) is 0 Å². The first kappa shape index (κ1) is 17.9. The largest absolute Gasteiger partial charge is 0.377 e. The fourth-order valence-electron chi connectivity index (χ4n) is 4.09. The van der Waals surface area contributed by atoms with Gasteiger partial charge in [-0.2, -0.15) is 5.10 Å². The van der Waals surface area contributed by atoms with E-state index in [1.54, 1.807) is 22.8 Å². The highest BCUT2D eigenvalue weighted by Gasteiger charge is 2.41. The number of aryl methyl sites for hydroxylation is 1. The van der Waals surface area contributed by atoms with Crippen LogP contribution in [0.4, 0.5) is 0 Å². The molecule has 0 aromatic carbocycles. The summed E-state index contributed by atoms with van der Waals surface area (Å²) in [6.07, 6.45) is 6.78. The summed E-state index contributed by atoms with van der Waals surface area (Å²) < 4.78 is 7.45. The van der Waals surface area contributed by atoms with Gasteiger partial charge in [0.25, 0.3) is 0 Å². The highest BCUT2D eigenvalue weighted by atomic mass is 16.5. The van der Waals surface area contributed by atoms with Crippen LogP contribution in [0.3, 0.4) is 0 Å². The molecule has 0 radical (unpaired) electrons. The fourth-order valence-corrected chi connectivity index (χ4v) is 4.09. The Morgan fingerprint density at radius 2 is 2.16 bits per heavy atom. The summed E-state index contributed by atoms with van der Waals surface area (Å²) in [5, 5.41) is 4.23. The summed E-state index contributed by atoms with van der Waals surface area (Å²) in [4.78, 5) is 29.1. The molecule has 2 aliphatic heterocycles. The minimum absolute atomic E-state index is 0.0868. The summed E-state index contributed by atoms with van der Waals surface area (Å²) in [7, 11) is 3.64. The van der Waals surface area contributed by atoms with Gasteiger partial charge in [0.2, 0.25) is 11.8 Å². The number of piperidine rings is 2. The standard InChI is InChI=1S/C18H28N4O3/c1-4-25-14-6-5-9-22(12-14)18(24)15-7-8-16(23)21(3)17(15)13-10-19-20(2)11-13/h10-11,14-15,17H,4-9,12H2,1-3H3/t14-,15+,17+/m1/s1. The third kappa shape index (κ3) is 3.71. The SMILES string of the molecule is CCO[C@@H]1CCCN(C(=O)[C@H]2CCC(=O)N(C)[C@H]2c2cnn(C)c2)C1. The number of rotatable bonds is 4. The highest BCUT2D eigenvalue weighted by Crippen LogP contribution is 2.37. The molecule has 2 amide bonds. The molecule has 0 unspecified atom stereocenters. The minimum atomic E-state index is -0.241. The molecule has 1 aromatic heterocycles. The average Bonchev–Trinajstić information content (AvgIpc) is 3.03. The molecule has 3 rings (SSSR count). The quantitative estimate of drug-likeness (QED) is 0.824. The molecular formula is C18H28N4O3. The second kappa shape index (κ2) is 7.56. The van der Waals surface area contributed by atoms with Crippen molar-refractivity contribution in [2.75, 3.05) is 26.7 Å². The van der Waals surface area contributed by atoms with E-state index in [9.17, 15) is 9.59 Å². The topological polar surface area (TPSA) is 67.7 Å². The Morgan fingerprint density at radius 3 is 2.84 bits per heavy atom. The number of hydrogen-bond donors (Lipinski definition) is 0. The van der Waals surface area contributed by atoms with E-state index in [1.807, 2.05) is 25.1 Å². The monoisotopic (exact) mass is 348 g/mol. The van der Waals surface area contributed by atoms with Gasteiger partial charge in [-0.05, 0) is 26.2 Å². The lowest BCUT2D eigenvalue weighted by molar-refractivity contribution is -0.149. The molecule has 25 heavy (non-hydrogen) atoms. The summed E-state index contributed by atoms with van der Waals surface area (Å²) in [5.74, 6) is 0.00798. The molecule has 0 spiro atoms. The normalized spacial score (nSPS) is 27.6. The minimum Gasteiger partial charge on any atom is -0.377 e. The number of amides is 2. The Balaban J connectivity index is 1.80. The Hall–Kier alpha value is -1.89. The number of aromatic nitrogens is 2. The predicted octanol–water partition coefficient (Wildman–Crippen LogP) is 1.36. The first-order valence-corrected chi connectivity index (χ1v) is 9.15. The number of hydrogen-bond acceptors (Lipinski definition) is 4. The van der Waals surface area contributed by atoms with Crippen LogP contribution in [0.25, 0.3) is 0 Å². The smallest absolute Gasteiger partial charge is 0.228 e. The van der Waals surface area contributed by atoms with Crippen molar-refractivity contribution in [1.82, 2.24) is 19.6 Å². The molecule has 0 saturated carbocycles. The van der Waals surface area contributed by atoms with Gasteiger partial charge >= 0.3 is 0 Å². The molecule has 0 aliphatic carbocycles. The first-order valence-electron chi connectivity index (χ1n) is 9.15. The van der Waals surface area contributed by atoms with Crippen molar-refractivity contribution in [2.24, 2.45) is 13.0 Å². The molecule has 0 bridgehead atoms. The number of likely N-dealkylation sites (tertiary alicyclic amines) is 2. The van der Waals surface area contributed by atoms with Gasteiger partial charge in [-0.3, -0.25) is 14.3 Å². The van der Waals surface area contributed by atoms with Crippen LogP contribution >= 0.6 is 0 Å². The van der Waals surface area contributed by atoms with E-state index < -0.39 is 0 Å². The van der Waals surface area contributed by atoms with Crippen LogP contribution in [-0.4, -0.2) is 64.2 Å². The third-order valence-electron chi connectivity index (χ3n) is 5.34. The second-order valence-electron chi connectivity index (χ2n) is 7.05. The average molecular weight is 348 g/mol. The molecule has 2 aliphatic rings. The number of nitrogens with zero attached hydrogens (tertiary/aromatic N) is 4. The molecule has 3 heterocycles. The van der Waals surface area contributed by atoms with Crippen LogP contribution in [0.5, 0.6) is 0 Å². The Bertz CT molecular complexity index is 628. The Kier molecular flexibility index (Phi) is 5.42. The Labute approximate surface area is 148 Å². The molecule has 138 valence electrons. The van der Waals surface area contributed by atoms with E-state index in [0.717, 1.165) is 24.9 Å². The van der Waals surface area contributed by atoms with Gasteiger partial charge in [0.05, 0.1) is 24.3 Å².